The largest absolute Gasteiger partial charge is 0.380 e. The van der Waals surface area contributed by atoms with E-state index in [0.717, 1.165) is 25.2 Å². The van der Waals surface area contributed by atoms with E-state index in [9.17, 15) is 0 Å². The van der Waals surface area contributed by atoms with Crippen molar-refractivity contribution in [2.75, 3.05) is 13.2 Å². The maximum Gasteiger partial charge on any atom is 0.0991 e. The first-order valence-electron chi connectivity index (χ1n) is 5.63. The number of nitrogens with one attached hydrogen (secondary N) is 1. The molecule has 2 rings (SSSR count). The van der Waals surface area contributed by atoms with Crippen LogP contribution in [0.25, 0.3) is 0 Å². The van der Waals surface area contributed by atoms with Crippen LogP contribution in [0, 0.1) is 11.3 Å². The van der Waals surface area contributed by atoms with Crippen molar-refractivity contribution in [3.63, 3.8) is 0 Å². The zero-order chi connectivity index (χ0) is 11.4. The Bertz CT molecular complexity index is 391. The molecule has 1 aliphatic rings. The van der Waals surface area contributed by atoms with Crippen LogP contribution in [0.5, 0.6) is 0 Å². The molecule has 3 nitrogen and oxygen atoms in total. The Kier molecular flexibility index (Phi) is 3.55. The Morgan fingerprint density at radius 2 is 2.44 bits per heavy atom. The van der Waals surface area contributed by atoms with Gasteiger partial charge in [-0.2, -0.15) is 5.26 Å². The third kappa shape index (κ3) is 2.60. The predicted molar refractivity (Wildman–Crippen MR) is 61.9 cm³/mol. The molecular formula is C13H16N2O. The number of nitriles is 1. The summed E-state index contributed by atoms with van der Waals surface area (Å²) in [6.45, 7) is 3.76. The van der Waals surface area contributed by atoms with Crippen LogP contribution in [-0.2, 0) is 4.74 Å². The third-order valence-electron chi connectivity index (χ3n) is 2.93. The summed E-state index contributed by atoms with van der Waals surface area (Å²) < 4.78 is 5.32. The zero-order valence-electron chi connectivity index (χ0n) is 9.44. The van der Waals surface area contributed by atoms with Gasteiger partial charge in [0.2, 0.25) is 0 Å². The van der Waals surface area contributed by atoms with Crippen LogP contribution in [0.3, 0.4) is 0 Å². The van der Waals surface area contributed by atoms with Gasteiger partial charge < -0.3 is 10.1 Å². The van der Waals surface area contributed by atoms with Crippen molar-refractivity contribution in [2.45, 2.75) is 25.4 Å². The summed E-state index contributed by atoms with van der Waals surface area (Å²) >= 11 is 0. The first kappa shape index (κ1) is 11.1. The number of nitrogens with zero attached hydrogens (tertiary/aromatic N) is 1. The van der Waals surface area contributed by atoms with E-state index in [4.69, 9.17) is 10.00 Å². The Morgan fingerprint density at radius 3 is 3.12 bits per heavy atom. The maximum atomic E-state index is 8.84. The van der Waals surface area contributed by atoms with Crippen molar-refractivity contribution in [1.82, 2.24) is 5.32 Å². The average molecular weight is 216 g/mol. The number of benzene rings is 1. The molecule has 0 radical (unpaired) electrons. The van der Waals surface area contributed by atoms with Crippen LogP contribution in [0.15, 0.2) is 24.3 Å². The normalized spacial score (nSPS) is 21.6. The summed E-state index contributed by atoms with van der Waals surface area (Å²) in [5.41, 5.74) is 1.87. The Hall–Kier alpha value is -1.37. The second kappa shape index (κ2) is 5.11. The van der Waals surface area contributed by atoms with Crippen molar-refractivity contribution in [1.29, 1.82) is 5.26 Å². The molecular weight excluding hydrogens is 200 g/mol. The molecule has 0 spiro atoms. The SMILES string of the molecule is CC(NC1CCOC1)c1cccc(C#N)c1. The number of rotatable bonds is 3. The van der Waals surface area contributed by atoms with Crippen LogP contribution in [0.4, 0.5) is 0 Å². The van der Waals surface area contributed by atoms with E-state index in [1.54, 1.807) is 0 Å². The Labute approximate surface area is 96.0 Å². The first-order valence-corrected chi connectivity index (χ1v) is 5.63. The zero-order valence-corrected chi connectivity index (χ0v) is 9.44. The van der Waals surface area contributed by atoms with Crippen molar-refractivity contribution < 1.29 is 4.74 Å². The molecule has 16 heavy (non-hydrogen) atoms. The number of hydrogen-bond donors (Lipinski definition) is 1. The quantitative estimate of drug-likeness (QED) is 0.840. The fraction of sp³-hybridized carbons (Fsp3) is 0.462. The van der Waals surface area contributed by atoms with E-state index in [-0.39, 0.29) is 6.04 Å². The topological polar surface area (TPSA) is 45.0 Å². The molecule has 2 unspecified atom stereocenters. The van der Waals surface area contributed by atoms with Gasteiger partial charge in [-0.1, -0.05) is 12.1 Å². The minimum Gasteiger partial charge on any atom is -0.380 e. The average Bonchev–Trinajstić information content (AvgIpc) is 2.82. The van der Waals surface area contributed by atoms with Crippen LogP contribution < -0.4 is 5.32 Å². The molecule has 1 saturated heterocycles. The van der Waals surface area contributed by atoms with Crippen molar-refractivity contribution in [3.05, 3.63) is 35.4 Å². The molecule has 0 aromatic heterocycles. The van der Waals surface area contributed by atoms with Crippen molar-refractivity contribution in [3.8, 4) is 6.07 Å². The minimum absolute atomic E-state index is 0.264. The molecule has 1 heterocycles. The summed E-state index contributed by atoms with van der Waals surface area (Å²) in [7, 11) is 0. The molecule has 1 aromatic rings. The van der Waals surface area contributed by atoms with Crippen molar-refractivity contribution >= 4 is 0 Å². The summed E-state index contributed by atoms with van der Waals surface area (Å²) in [6, 6.07) is 10.6. The van der Waals surface area contributed by atoms with Crippen LogP contribution in [-0.4, -0.2) is 19.3 Å². The van der Waals surface area contributed by atoms with Gasteiger partial charge in [-0.05, 0) is 31.0 Å². The van der Waals surface area contributed by atoms with E-state index in [0.29, 0.717) is 11.6 Å². The molecule has 2 atom stereocenters. The third-order valence-corrected chi connectivity index (χ3v) is 2.93. The van der Waals surface area contributed by atoms with Gasteiger partial charge in [0.1, 0.15) is 0 Å². The molecule has 0 saturated carbocycles. The van der Waals surface area contributed by atoms with Gasteiger partial charge in [-0.25, -0.2) is 0 Å². The van der Waals surface area contributed by atoms with E-state index < -0.39 is 0 Å². The van der Waals surface area contributed by atoms with E-state index >= 15 is 0 Å². The summed E-state index contributed by atoms with van der Waals surface area (Å²) in [5.74, 6) is 0. The Morgan fingerprint density at radius 1 is 1.56 bits per heavy atom. The fourth-order valence-corrected chi connectivity index (χ4v) is 1.99. The summed E-state index contributed by atoms with van der Waals surface area (Å²) in [4.78, 5) is 0. The number of ether oxygens (including phenoxy) is 1. The molecule has 0 amide bonds. The molecule has 0 aliphatic carbocycles. The van der Waals surface area contributed by atoms with Gasteiger partial charge in [-0.15, -0.1) is 0 Å². The fourth-order valence-electron chi connectivity index (χ4n) is 1.99. The maximum absolute atomic E-state index is 8.84. The molecule has 1 fully saturated rings. The van der Waals surface area contributed by atoms with E-state index in [1.165, 1.54) is 0 Å². The predicted octanol–water partition coefficient (Wildman–Crippen LogP) is 2.00. The van der Waals surface area contributed by atoms with Crippen LogP contribution in [0.1, 0.15) is 30.5 Å². The molecule has 1 aromatic carbocycles. The lowest BCUT2D eigenvalue weighted by Crippen LogP contribution is -2.31. The minimum atomic E-state index is 0.264. The van der Waals surface area contributed by atoms with Gasteiger partial charge >= 0.3 is 0 Å². The second-order valence-corrected chi connectivity index (χ2v) is 4.19. The summed E-state index contributed by atoms with van der Waals surface area (Å²) in [5, 5.41) is 12.3. The Balaban J connectivity index is 2.02. The van der Waals surface area contributed by atoms with Crippen LogP contribution in [0.2, 0.25) is 0 Å². The van der Waals surface area contributed by atoms with Gasteiger partial charge in [-0.3, -0.25) is 0 Å². The van der Waals surface area contributed by atoms with Crippen LogP contribution >= 0.6 is 0 Å². The van der Waals surface area contributed by atoms with E-state index in [2.05, 4.69) is 18.3 Å². The standard InChI is InChI=1S/C13H16N2O/c1-10(15-13-5-6-16-9-13)12-4-2-3-11(7-12)8-14/h2-4,7,10,13,15H,5-6,9H2,1H3. The lowest BCUT2D eigenvalue weighted by atomic mass is 10.0. The summed E-state index contributed by atoms with van der Waals surface area (Å²) in [6.07, 6.45) is 1.07. The molecule has 1 aliphatic heterocycles. The highest BCUT2D eigenvalue weighted by atomic mass is 16.5. The van der Waals surface area contributed by atoms with Gasteiger partial charge in [0.25, 0.3) is 0 Å². The second-order valence-electron chi connectivity index (χ2n) is 4.19. The van der Waals surface area contributed by atoms with Gasteiger partial charge in [0.05, 0.1) is 18.2 Å². The monoisotopic (exact) mass is 216 g/mol. The highest BCUT2D eigenvalue weighted by Crippen LogP contribution is 2.16. The van der Waals surface area contributed by atoms with E-state index in [1.807, 2.05) is 24.3 Å². The molecule has 0 bridgehead atoms. The smallest absolute Gasteiger partial charge is 0.0991 e. The lowest BCUT2D eigenvalue weighted by Gasteiger charge is -2.18. The van der Waals surface area contributed by atoms with Crippen molar-refractivity contribution in [2.24, 2.45) is 0 Å². The van der Waals surface area contributed by atoms with Gasteiger partial charge in [0, 0.05) is 18.7 Å². The van der Waals surface area contributed by atoms with Gasteiger partial charge in [0.15, 0.2) is 0 Å². The highest BCUT2D eigenvalue weighted by molar-refractivity contribution is 5.34. The first-order chi connectivity index (χ1) is 7.79. The molecule has 3 heteroatoms. The lowest BCUT2D eigenvalue weighted by molar-refractivity contribution is 0.188. The molecule has 84 valence electrons. The molecule has 1 N–H and O–H groups in total. The number of hydrogen-bond acceptors (Lipinski definition) is 3. The highest BCUT2D eigenvalue weighted by Gasteiger charge is 2.18.